The lowest BCUT2D eigenvalue weighted by Crippen LogP contribution is -1.96. The number of aromatic nitrogens is 1. The fraction of sp³-hybridized carbons (Fsp3) is 0.214. The summed E-state index contributed by atoms with van der Waals surface area (Å²) in [6, 6.07) is 7.03. The molecule has 1 heterocycles. The first-order chi connectivity index (χ1) is 8.61. The van der Waals surface area contributed by atoms with Crippen LogP contribution in [0.1, 0.15) is 16.7 Å². The molecule has 0 aliphatic heterocycles. The lowest BCUT2D eigenvalue weighted by atomic mass is 10.2. The highest BCUT2D eigenvalue weighted by Gasteiger charge is 2.09. The van der Waals surface area contributed by atoms with E-state index in [0.29, 0.717) is 11.4 Å². The summed E-state index contributed by atoms with van der Waals surface area (Å²) in [7, 11) is 0. The van der Waals surface area contributed by atoms with Crippen molar-refractivity contribution in [2.45, 2.75) is 19.2 Å². The second-order valence-electron chi connectivity index (χ2n) is 4.09. The predicted molar refractivity (Wildman–Crippen MR) is 72.8 cm³/mol. The molecule has 0 aliphatic rings. The van der Waals surface area contributed by atoms with Gasteiger partial charge in [0.2, 0.25) is 5.88 Å². The Morgan fingerprint density at radius 3 is 2.72 bits per heavy atom. The van der Waals surface area contributed by atoms with Gasteiger partial charge in [0, 0.05) is 17.1 Å². The van der Waals surface area contributed by atoms with Gasteiger partial charge in [0.15, 0.2) is 11.6 Å². The first kappa shape index (κ1) is 13.0. The van der Waals surface area contributed by atoms with E-state index in [1.54, 1.807) is 31.3 Å². The number of alkyl halides is 1. The maximum atomic E-state index is 13.8. The van der Waals surface area contributed by atoms with Crippen molar-refractivity contribution >= 4 is 15.9 Å². The first-order valence-electron chi connectivity index (χ1n) is 5.56. The van der Waals surface area contributed by atoms with E-state index >= 15 is 0 Å². The summed E-state index contributed by atoms with van der Waals surface area (Å²) in [6.45, 7) is 3.60. The van der Waals surface area contributed by atoms with Gasteiger partial charge in [0.1, 0.15) is 0 Å². The average molecular weight is 310 g/mol. The molecule has 4 heteroatoms. The Morgan fingerprint density at radius 1 is 1.28 bits per heavy atom. The summed E-state index contributed by atoms with van der Waals surface area (Å²) >= 11 is 3.36. The Bertz CT molecular complexity index is 572. The molecule has 1 aromatic heterocycles. The topological polar surface area (TPSA) is 22.1 Å². The van der Waals surface area contributed by atoms with Crippen LogP contribution in [0.15, 0.2) is 30.5 Å². The molecule has 0 bridgehead atoms. The van der Waals surface area contributed by atoms with Crippen molar-refractivity contribution in [1.29, 1.82) is 0 Å². The van der Waals surface area contributed by atoms with Crippen LogP contribution in [-0.2, 0) is 5.33 Å². The molecule has 0 radical (unpaired) electrons. The van der Waals surface area contributed by atoms with E-state index in [2.05, 4.69) is 20.9 Å². The Morgan fingerprint density at radius 2 is 2.06 bits per heavy atom. The number of rotatable bonds is 3. The van der Waals surface area contributed by atoms with Gasteiger partial charge in [-0.3, -0.25) is 0 Å². The van der Waals surface area contributed by atoms with Gasteiger partial charge in [-0.15, -0.1) is 0 Å². The zero-order valence-corrected chi connectivity index (χ0v) is 11.8. The van der Waals surface area contributed by atoms with Crippen LogP contribution in [0.4, 0.5) is 4.39 Å². The van der Waals surface area contributed by atoms with Crippen molar-refractivity contribution in [3.8, 4) is 11.6 Å². The second-order valence-corrected chi connectivity index (χ2v) is 4.65. The minimum atomic E-state index is -0.344. The molecule has 0 amide bonds. The van der Waals surface area contributed by atoms with Crippen molar-refractivity contribution in [3.05, 3.63) is 53.0 Å². The summed E-state index contributed by atoms with van der Waals surface area (Å²) in [6.07, 6.45) is 1.71. The number of hydrogen-bond donors (Lipinski definition) is 0. The molecule has 94 valence electrons. The second kappa shape index (κ2) is 5.48. The summed E-state index contributed by atoms with van der Waals surface area (Å²) in [5.41, 5.74) is 2.50. The molecule has 2 nitrogen and oxygen atoms in total. The molecule has 0 spiro atoms. The monoisotopic (exact) mass is 309 g/mol. The molecule has 0 N–H and O–H groups in total. The number of nitrogens with zero attached hydrogens (tertiary/aromatic N) is 1. The van der Waals surface area contributed by atoms with Crippen molar-refractivity contribution in [3.63, 3.8) is 0 Å². The number of aryl methyl sites for hydroxylation is 2. The fourth-order valence-corrected chi connectivity index (χ4v) is 1.91. The van der Waals surface area contributed by atoms with Gasteiger partial charge in [0.05, 0.1) is 0 Å². The van der Waals surface area contributed by atoms with Crippen LogP contribution < -0.4 is 4.74 Å². The van der Waals surface area contributed by atoms with Crippen LogP contribution in [0.5, 0.6) is 11.6 Å². The number of halogens is 2. The fourth-order valence-electron chi connectivity index (χ4n) is 1.60. The van der Waals surface area contributed by atoms with Crippen molar-refractivity contribution in [2.75, 3.05) is 0 Å². The molecule has 0 fully saturated rings. The van der Waals surface area contributed by atoms with E-state index in [9.17, 15) is 4.39 Å². The zero-order valence-electron chi connectivity index (χ0n) is 10.2. The molecule has 0 unspecified atom stereocenters. The highest BCUT2D eigenvalue weighted by atomic mass is 79.9. The quantitative estimate of drug-likeness (QED) is 0.777. The number of pyridine rings is 1. The Kier molecular flexibility index (Phi) is 3.97. The van der Waals surface area contributed by atoms with Crippen molar-refractivity contribution in [2.24, 2.45) is 0 Å². The van der Waals surface area contributed by atoms with Crippen LogP contribution in [0, 0.1) is 19.7 Å². The molecular weight excluding hydrogens is 297 g/mol. The van der Waals surface area contributed by atoms with Crippen molar-refractivity contribution < 1.29 is 9.13 Å². The molecular formula is C14H13BrFNO. The highest BCUT2D eigenvalue weighted by molar-refractivity contribution is 9.08. The molecule has 2 aromatic rings. The van der Waals surface area contributed by atoms with Crippen molar-refractivity contribution in [1.82, 2.24) is 4.98 Å². The summed E-state index contributed by atoms with van der Waals surface area (Å²) < 4.78 is 19.3. The third kappa shape index (κ3) is 2.70. The molecule has 0 atom stereocenters. The number of hydrogen-bond acceptors (Lipinski definition) is 2. The largest absolute Gasteiger partial charge is 0.436 e. The minimum absolute atomic E-state index is 0.206. The van der Waals surface area contributed by atoms with E-state index in [0.717, 1.165) is 16.5 Å². The van der Waals surface area contributed by atoms with Gasteiger partial charge in [0.25, 0.3) is 0 Å². The highest BCUT2D eigenvalue weighted by Crippen LogP contribution is 2.27. The maximum Gasteiger partial charge on any atom is 0.222 e. The van der Waals surface area contributed by atoms with E-state index < -0.39 is 0 Å². The Balaban J connectivity index is 2.31. The SMILES string of the molecule is Cc1cc(CBr)cnc1Oc1cccc(C)c1F. The van der Waals surface area contributed by atoms with E-state index in [-0.39, 0.29) is 11.6 Å². The number of benzene rings is 1. The van der Waals surface area contributed by atoms with Gasteiger partial charge >= 0.3 is 0 Å². The van der Waals surface area contributed by atoms with E-state index in [4.69, 9.17) is 4.74 Å². The van der Waals surface area contributed by atoms with Gasteiger partial charge in [-0.1, -0.05) is 28.1 Å². The standard InChI is InChI=1S/C14H13BrFNO/c1-9-4-3-5-12(13(9)16)18-14-10(2)6-11(7-15)8-17-14/h3-6,8H,7H2,1-2H3. The first-order valence-corrected chi connectivity index (χ1v) is 6.68. The normalized spacial score (nSPS) is 10.4. The Hall–Kier alpha value is -1.42. The van der Waals surface area contributed by atoms with Crippen LogP contribution in [0.2, 0.25) is 0 Å². The minimum Gasteiger partial charge on any atom is -0.436 e. The lowest BCUT2D eigenvalue weighted by molar-refractivity contribution is 0.422. The molecule has 0 saturated carbocycles. The predicted octanol–water partition coefficient (Wildman–Crippen LogP) is 4.52. The smallest absolute Gasteiger partial charge is 0.222 e. The molecule has 2 rings (SSSR count). The van der Waals surface area contributed by atoms with Gasteiger partial charge in [-0.25, -0.2) is 9.37 Å². The number of ether oxygens (including phenoxy) is 1. The van der Waals surface area contributed by atoms with E-state index in [1.165, 1.54) is 0 Å². The van der Waals surface area contributed by atoms with Crippen LogP contribution in [0.25, 0.3) is 0 Å². The van der Waals surface area contributed by atoms with Gasteiger partial charge in [-0.2, -0.15) is 0 Å². The summed E-state index contributed by atoms with van der Waals surface area (Å²) in [5, 5.41) is 0.736. The maximum absolute atomic E-state index is 13.8. The van der Waals surface area contributed by atoms with Gasteiger partial charge in [-0.05, 0) is 37.1 Å². The molecule has 0 aliphatic carbocycles. The molecule has 1 aromatic carbocycles. The third-order valence-corrected chi connectivity index (χ3v) is 3.25. The van der Waals surface area contributed by atoms with E-state index in [1.807, 2.05) is 13.0 Å². The third-order valence-electron chi connectivity index (χ3n) is 2.60. The summed E-state index contributed by atoms with van der Waals surface area (Å²) in [4.78, 5) is 4.20. The molecule has 18 heavy (non-hydrogen) atoms. The lowest BCUT2D eigenvalue weighted by Gasteiger charge is -2.10. The molecule has 0 saturated heterocycles. The van der Waals surface area contributed by atoms with Crippen LogP contribution in [-0.4, -0.2) is 4.98 Å². The van der Waals surface area contributed by atoms with Gasteiger partial charge < -0.3 is 4.74 Å². The van der Waals surface area contributed by atoms with Crippen LogP contribution >= 0.6 is 15.9 Å². The average Bonchev–Trinajstić information content (AvgIpc) is 2.37. The summed E-state index contributed by atoms with van der Waals surface area (Å²) in [5.74, 6) is 0.296. The Labute approximate surface area is 114 Å². The van der Waals surface area contributed by atoms with Crippen LogP contribution in [0.3, 0.4) is 0 Å². The zero-order chi connectivity index (χ0) is 13.1.